The SMILES string of the molecule is O=C1CCc2cc(NC(=O)c3cc(-c4ccco4)nn3-c3ccccc3)ccc2N1. The van der Waals surface area contributed by atoms with Crippen LogP contribution in [0.15, 0.2) is 77.4 Å². The Bertz CT molecular complexity index is 1230. The van der Waals surface area contributed by atoms with Crippen LogP contribution in [0.3, 0.4) is 0 Å². The molecule has 0 unspecified atom stereocenters. The summed E-state index contributed by atoms with van der Waals surface area (Å²) >= 11 is 0. The number of fused-ring (bicyclic) bond motifs is 1. The molecule has 0 atom stereocenters. The molecule has 30 heavy (non-hydrogen) atoms. The van der Waals surface area contributed by atoms with Gasteiger partial charge in [0, 0.05) is 23.9 Å². The Morgan fingerprint density at radius 2 is 1.90 bits per heavy atom. The molecule has 4 aromatic rings. The van der Waals surface area contributed by atoms with Crippen molar-refractivity contribution in [1.29, 1.82) is 0 Å². The van der Waals surface area contributed by atoms with Crippen molar-refractivity contribution in [2.75, 3.05) is 10.6 Å². The third kappa shape index (κ3) is 3.37. The summed E-state index contributed by atoms with van der Waals surface area (Å²) in [6, 6.07) is 20.2. The summed E-state index contributed by atoms with van der Waals surface area (Å²) in [4.78, 5) is 24.7. The number of amides is 2. The van der Waals surface area contributed by atoms with E-state index < -0.39 is 0 Å². The van der Waals surface area contributed by atoms with E-state index in [4.69, 9.17) is 4.42 Å². The molecule has 0 bridgehead atoms. The molecule has 2 aromatic carbocycles. The maximum Gasteiger partial charge on any atom is 0.274 e. The molecule has 1 aliphatic heterocycles. The lowest BCUT2D eigenvalue weighted by Gasteiger charge is -2.17. The van der Waals surface area contributed by atoms with Gasteiger partial charge in [-0.25, -0.2) is 4.68 Å². The number of aryl methyl sites for hydroxylation is 1. The molecule has 2 aromatic heterocycles. The van der Waals surface area contributed by atoms with Crippen LogP contribution in [-0.4, -0.2) is 21.6 Å². The van der Waals surface area contributed by atoms with Gasteiger partial charge in [-0.05, 0) is 54.4 Å². The molecule has 7 heteroatoms. The van der Waals surface area contributed by atoms with Gasteiger partial charge < -0.3 is 15.1 Å². The fourth-order valence-electron chi connectivity index (χ4n) is 3.51. The van der Waals surface area contributed by atoms with E-state index in [0.717, 1.165) is 16.9 Å². The average Bonchev–Trinajstić information content (AvgIpc) is 3.44. The van der Waals surface area contributed by atoms with E-state index in [0.29, 0.717) is 35.7 Å². The first-order chi connectivity index (χ1) is 14.7. The van der Waals surface area contributed by atoms with Gasteiger partial charge in [0.15, 0.2) is 5.76 Å². The molecule has 0 saturated heterocycles. The van der Waals surface area contributed by atoms with Gasteiger partial charge in [-0.3, -0.25) is 9.59 Å². The van der Waals surface area contributed by atoms with E-state index in [2.05, 4.69) is 15.7 Å². The largest absolute Gasteiger partial charge is 0.463 e. The highest BCUT2D eigenvalue weighted by Gasteiger charge is 2.20. The maximum atomic E-state index is 13.1. The standard InChI is InChI=1S/C23H18N4O3/c28-22-11-8-15-13-16(9-10-18(15)25-22)24-23(29)20-14-19(21-7-4-12-30-21)26-27(20)17-5-2-1-3-6-17/h1-7,9-10,12-14H,8,11H2,(H,24,29)(H,25,28). The number of para-hydroxylation sites is 1. The number of hydrogen-bond donors (Lipinski definition) is 2. The Kier molecular flexibility index (Phi) is 4.40. The summed E-state index contributed by atoms with van der Waals surface area (Å²) in [6.07, 6.45) is 2.66. The minimum atomic E-state index is -0.288. The molecule has 0 radical (unpaired) electrons. The van der Waals surface area contributed by atoms with Crippen LogP contribution in [0.5, 0.6) is 0 Å². The van der Waals surface area contributed by atoms with Gasteiger partial charge in [0.25, 0.3) is 5.91 Å². The summed E-state index contributed by atoms with van der Waals surface area (Å²) in [5.74, 6) is 0.309. The Labute approximate surface area is 172 Å². The minimum absolute atomic E-state index is 0.0107. The molecule has 0 fully saturated rings. The summed E-state index contributed by atoms with van der Waals surface area (Å²) in [6.45, 7) is 0. The number of carbonyl (C=O) groups excluding carboxylic acids is 2. The Hall–Kier alpha value is -4.13. The van der Waals surface area contributed by atoms with Crippen molar-refractivity contribution in [1.82, 2.24) is 9.78 Å². The zero-order valence-electron chi connectivity index (χ0n) is 16.0. The lowest BCUT2D eigenvalue weighted by molar-refractivity contribution is -0.116. The zero-order chi connectivity index (χ0) is 20.5. The molecule has 7 nitrogen and oxygen atoms in total. The molecule has 5 rings (SSSR count). The number of furan rings is 1. The second-order valence-electron chi connectivity index (χ2n) is 7.01. The Balaban J connectivity index is 1.48. The molecule has 2 N–H and O–H groups in total. The Morgan fingerprint density at radius 1 is 1.03 bits per heavy atom. The number of carbonyl (C=O) groups is 2. The second-order valence-corrected chi connectivity index (χ2v) is 7.01. The van der Waals surface area contributed by atoms with Gasteiger partial charge in [0.05, 0.1) is 12.0 Å². The number of nitrogens with zero attached hydrogens (tertiary/aromatic N) is 2. The first-order valence-corrected chi connectivity index (χ1v) is 9.61. The fraction of sp³-hybridized carbons (Fsp3) is 0.0870. The van der Waals surface area contributed by atoms with Crippen molar-refractivity contribution in [2.45, 2.75) is 12.8 Å². The van der Waals surface area contributed by atoms with Gasteiger partial charge >= 0.3 is 0 Å². The van der Waals surface area contributed by atoms with E-state index in [9.17, 15) is 9.59 Å². The van der Waals surface area contributed by atoms with Crippen molar-refractivity contribution in [2.24, 2.45) is 0 Å². The van der Waals surface area contributed by atoms with Gasteiger partial charge in [0.1, 0.15) is 11.4 Å². The first-order valence-electron chi connectivity index (χ1n) is 9.61. The monoisotopic (exact) mass is 398 g/mol. The minimum Gasteiger partial charge on any atom is -0.463 e. The van der Waals surface area contributed by atoms with Crippen molar-refractivity contribution in [3.05, 3.63) is 84.3 Å². The molecular weight excluding hydrogens is 380 g/mol. The smallest absolute Gasteiger partial charge is 0.274 e. The number of nitrogens with one attached hydrogen (secondary N) is 2. The lowest BCUT2D eigenvalue weighted by Crippen LogP contribution is -2.20. The van der Waals surface area contributed by atoms with Gasteiger partial charge in [-0.1, -0.05) is 18.2 Å². The molecular formula is C23H18N4O3. The number of aromatic nitrogens is 2. The van der Waals surface area contributed by atoms with Crippen LogP contribution in [0.25, 0.3) is 17.1 Å². The molecule has 0 aliphatic carbocycles. The second kappa shape index (κ2) is 7.36. The third-order valence-electron chi connectivity index (χ3n) is 4.97. The van der Waals surface area contributed by atoms with Crippen LogP contribution >= 0.6 is 0 Å². The molecule has 148 valence electrons. The van der Waals surface area contributed by atoms with E-state index in [-0.39, 0.29) is 11.8 Å². The predicted octanol–water partition coefficient (Wildman–Crippen LogP) is 4.27. The summed E-state index contributed by atoms with van der Waals surface area (Å²) < 4.78 is 7.05. The molecule has 1 aliphatic rings. The van der Waals surface area contributed by atoms with Crippen LogP contribution in [0.4, 0.5) is 11.4 Å². The van der Waals surface area contributed by atoms with Gasteiger partial charge in [-0.15, -0.1) is 0 Å². The molecule has 3 heterocycles. The normalized spacial score (nSPS) is 12.9. The predicted molar refractivity (Wildman–Crippen MR) is 113 cm³/mol. The number of hydrogen-bond acceptors (Lipinski definition) is 4. The van der Waals surface area contributed by atoms with Crippen LogP contribution in [0, 0.1) is 0 Å². The number of rotatable bonds is 4. The highest BCUT2D eigenvalue weighted by Crippen LogP contribution is 2.27. The Morgan fingerprint density at radius 3 is 2.70 bits per heavy atom. The highest BCUT2D eigenvalue weighted by atomic mass is 16.3. The molecule has 2 amide bonds. The average molecular weight is 398 g/mol. The van der Waals surface area contributed by atoms with Gasteiger partial charge in [0.2, 0.25) is 5.91 Å². The fourth-order valence-corrected chi connectivity index (χ4v) is 3.51. The van der Waals surface area contributed by atoms with Crippen LogP contribution < -0.4 is 10.6 Å². The highest BCUT2D eigenvalue weighted by molar-refractivity contribution is 6.04. The number of anilines is 2. The van der Waals surface area contributed by atoms with E-state index >= 15 is 0 Å². The zero-order valence-corrected chi connectivity index (χ0v) is 16.0. The first kappa shape index (κ1) is 17.9. The summed E-state index contributed by atoms with van der Waals surface area (Å²) in [5.41, 5.74) is 4.18. The summed E-state index contributed by atoms with van der Waals surface area (Å²) in [5, 5.41) is 10.4. The van der Waals surface area contributed by atoms with Crippen molar-refractivity contribution >= 4 is 23.2 Å². The van der Waals surface area contributed by atoms with E-state index in [1.165, 1.54) is 0 Å². The van der Waals surface area contributed by atoms with E-state index in [1.807, 2.05) is 42.5 Å². The number of benzene rings is 2. The van der Waals surface area contributed by atoms with E-state index in [1.54, 1.807) is 35.2 Å². The molecule has 0 saturated carbocycles. The molecule has 0 spiro atoms. The lowest BCUT2D eigenvalue weighted by atomic mass is 10.0. The summed E-state index contributed by atoms with van der Waals surface area (Å²) in [7, 11) is 0. The van der Waals surface area contributed by atoms with Crippen LogP contribution in [0.1, 0.15) is 22.5 Å². The maximum absolute atomic E-state index is 13.1. The van der Waals surface area contributed by atoms with Crippen LogP contribution in [0.2, 0.25) is 0 Å². The van der Waals surface area contributed by atoms with Gasteiger partial charge in [-0.2, -0.15) is 5.10 Å². The van der Waals surface area contributed by atoms with Crippen molar-refractivity contribution < 1.29 is 14.0 Å². The van der Waals surface area contributed by atoms with Crippen LogP contribution in [-0.2, 0) is 11.2 Å². The third-order valence-corrected chi connectivity index (χ3v) is 4.97. The van der Waals surface area contributed by atoms with Crippen molar-refractivity contribution in [3.8, 4) is 17.1 Å². The van der Waals surface area contributed by atoms with Crippen molar-refractivity contribution in [3.63, 3.8) is 0 Å². The quantitative estimate of drug-likeness (QED) is 0.537. The topological polar surface area (TPSA) is 89.2 Å².